The minimum atomic E-state index is -0.943. The molecule has 2 atom stereocenters. The monoisotopic (exact) mass is 463 g/mol. The summed E-state index contributed by atoms with van der Waals surface area (Å²) in [5.41, 5.74) is 0.140. The zero-order chi connectivity index (χ0) is 25.0. The van der Waals surface area contributed by atoms with Crippen molar-refractivity contribution >= 4 is 18.0 Å². The molecule has 184 valence electrons. The van der Waals surface area contributed by atoms with Crippen LogP contribution in [0.3, 0.4) is 0 Å². The molecule has 0 bridgehead atoms. The number of methoxy groups -OCH3 is 1. The molecule has 0 spiro atoms. The van der Waals surface area contributed by atoms with E-state index >= 15 is 0 Å². The van der Waals surface area contributed by atoms with Gasteiger partial charge < -0.3 is 24.2 Å². The Labute approximate surface area is 196 Å². The second-order valence-corrected chi connectivity index (χ2v) is 10.6. The molecule has 0 aromatic heterocycles. The van der Waals surface area contributed by atoms with E-state index in [9.17, 15) is 19.5 Å². The van der Waals surface area contributed by atoms with E-state index in [0.717, 1.165) is 5.56 Å². The molecule has 0 unspecified atom stereocenters. The fourth-order valence-corrected chi connectivity index (χ4v) is 3.92. The molecule has 8 nitrogen and oxygen atoms in total. The van der Waals surface area contributed by atoms with Crippen LogP contribution in [0, 0.1) is 11.8 Å². The zero-order valence-electron chi connectivity index (χ0n) is 20.8. The summed E-state index contributed by atoms with van der Waals surface area (Å²) < 4.78 is 16.5. The van der Waals surface area contributed by atoms with Crippen molar-refractivity contribution < 1.29 is 33.7 Å². The van der Waals surface area contributed by atoms with Crippen molar-refractivity contribution in [1.29, 1.82) is 0 Å². The molecule has 33 heavy (non-hydrogen) atoms. The van der Waals surface area contributed by atoms with E-state index in [2.05, 4.69) is 0 Å². The molecule has 1 aliphatic heterocycles. The molecule has 0 saturated carbocycles. The molecular formula is C25H37NO7. The number of benzene rings is 1. The molecule has 0 radical (unpaired) electrons. The summed E-state index contributed by atoms with van der Waals surface area (Å²) >= 11 is 0. The third-order valence-electron chi connectivity index (χ3n) is 5.23. The number of carboxylic acid groups (broad SMARTS) is 1. The SMILES string of the molecule is COc1cc(CC(=O)O)cc(C[C@H](C(=O)OC(C)(C)C)[C@H]2CCN(C(=O)OC(C)(C)C)C2)c1. The number of carboxylic acids is 1. The Hall–Kier alpha value is -2.77. The number of carbonyl (C=O) groups is 3. The van der Waals surface area contributed by atoms with Crippen LogP contribution >= 0.6 is 0 Å². The molecule has 1 aliphatic rings. The molecular weight excluding hydrogens is 426 g/mol. The molecule has 1 aromatic rings. The Morgan fingerprint density at radius 1 is 1.03 bits per heavy atom. The number of likely N-dealkylation sites (tertiary alicyclic amines) is 1. The average molecular weight is 464 g/mol. The van der Waals surface area contributed by atoms with Gasteiger partial charge >= 0.3 is 18.0 Å². The molecule has 1 saturated heterocycles. The Bertz CT molecular complexity index is 866. The van der Waals surface area contributed by atoms with E-state index < -0.39 is 29.2 Å². The second kappa shape index (κ2) is 10.4. The smallest absolute Gasteiger partial charge is 0.410 e. The van der Waals surface area contributed by atoms with Crippen LogP contribution in [-0.2, 0) is 31.9 Å². The van der Waals surface area contributed by atoms with Gasteiger partial charge in [-0.1, -0.05) is 6.07 Å². The summed E-state index contributed by atoms with van der Waals surface area (Å²) in [5, 5.41) is 9.19. The van der Waals surface area contributed by atoms with E-state index in [4.69, 9.17) is 14.2 Å². The van der Waals surface area contributed by atoms with Gasteiger partial charge in [0.2, 0.25) is 0 Å². The molecule has 1 aromatic carbocycles. The number of nitrogens with zero attached hydrogens (tertiary/aromatic N) is 1. The molecule has 2 rings (SSSR count). The summed E-state index contributed by atoms with van der Waals surface area (Å²) in [6.07, 6.45) is 0.468. The predicted molar refractivity (Wildman–Crippen MR) is 123 cm³/mol. The minimum absolute atomic E-state index is 0.110. The van der Waals surface area contributed by atoms with Crippen LogP contribution in [0.25, 0.3) is 0 Å². The number of rotatable bonds is 7. The van der Waals surface area contributed by atoms with Gasteiger partial charge in [0.15, 0.2) is 0 Å². The lowest BCUT2D eigenvalue weighted by Crippen LogP contribution is -2.38. The molecule has 8 heteroatoms. The molecule has 0 aliphatic carbocycles. The molecule has 1 N–H and O–H groups in total. The van der Waals surface area contributed by atoms with Crippen LogP contribution < -0.4 is 4.74 Å². The number of carbonyl (C=O) groups excluding carboxylic acids is 2. The quantitative estimate of drug-likeness (QED) is 0.608. The second-order valence-electron chi connectivity index (χ2n) is 10.6. The maximum Gasteiger partial charge on any atom is 0.410 e. The first-order valence-electron chi connectivity index (χ1n) is 11.3. The number of hydrogen-bond acceptors (Lipinski definition) is 6. The fourth-order valence-electron chi connectivity index (χ4n) is 3.92. The van der Waals surface area contributed by atoms with Crippen LogP contribution in [0.1, 0.15) is 59.1 Å². The van der Waals surface area contributed by atoms with Gasteiger partial charge in [-0.2, -0.15) is 0 Å². The van der Waals surface area contributed by atoms with Crippen LogP contribution in [0.15, 0.2) is 18.2 Å². The number of hydrogen-bond donors (Lipinski definition) is 1. The van der Waals surface area contributed by atoms with Crippen molar-refractivity contribution in [2.75, 3.05) is 20.2 Å². The van der Waals surface area contributed by atoms with Crippen molar-refractivity contribution in [1.82, 2.24) is 4.90 Å². The summed E-state index contributed by atoms with van der Waals surface area (Å²) in [6.45, 7) is 11.8. The third kappa shape index (κ3) is 8.59. The predicted octanol–water partition coefficient (Wildman–Crippen LogP) is 4.08. The van der Waals surface area contributed by atoms with Crippen molar-refractivity contribution in [3.63, 3.8) is 0 Å². The average Bonchev–Trinajstić information content (AvgIpc) is 3.12. The van der Waals surface area contributed by atoms with Crippen LogP contribution in [0.2, 0.25) is 0 Å². The Morgan fingerprint density at radius 3 is 2.18 bits per heavy atom. The molecule has 1 heterocycles. The number of ether oxygens (including phenoxy) is 3. The highest BCUT2D eigenvalue weighted by atomic mass is 16.6. The summed E-state index contributed by atoms with van der Waals surface area (Å²) in [4.78, 5) is 38.6. The number of aliphatic carboxylic acids is 1. The third-order valence-corrected chi connectivity index (χ3v) is 5.23. The molecule has 1 fully saturated rings. The standard InChI is InChI=1S/C25H37NO7/c1-24(2,3)32-22(29)20(18-8-9-26(15-18)23(30)33-25(4,5)6)13-16-10-17(14-21(27)28)12-19(11-16)31-7/h10-12,18,20H,8-9,13-15H2,1-7H3,(H,27,28)/t18-,20-/m0/s1. The van der Waals surface area contributed by atoms with Gasteiger partial charge in [-0.3, -0.25) is 9.59 Å². The van der Waals surface area contributed by atoms with Gasteiger partial charge in [0.05, 0.1) is 19.4 Å². The van der Waals surface area contributed by atoms with Gasteiger partial charge in [-0.25, -0.2) is 4.79 Å². The number of amides is 1. The van der Waals surface area contributed by atoms with Crippen molar-refractivity contribution in [3.8, 4) is 5.75 Å². The van der Waals surface area contributed by atoms with Gasteiger partial charge in [0, 0.05) is 13.1 Å². The van der Waals surface area contributed by atoms with E-state index in [-0.39, 0.29) is 18.3 Å². The van der Waals surface area contributed by atoms with E-state index in [1.807, 2.05) is 47.6 Å². The highest BCUT2D eigenvalue weighted by Gasteiger charge is 2.39. The minimum Gasteiger partial charge on any atom is -0.497 e. The van der Waals surface area contributed by atoms with Gasteiger partial charge in [-0.05, 0) is 83.6 Å². The van der Waals surface area contributed by atoms with Crippen LogP contribution in [0.5, 0.6) is 5.75 Å². The first kappa shape index (κ1) is 26.5. The first-order chi connectivity index (χ1) is 15.2. The summed E-state index contributed by atoms with van der Waals surface area (Å²) in [6, 6.07) is 5.28. The molecule has 1 amide bonds. The summed E-state index contributed by atoms with van der Waals surface area (Å²) in [5.74, 6) is -1.35. The highest BCUT2D eigenvalue weighted by Crippen LogP contribution is 2.31. The van der Waals surface area contributed by atoms with Crippen LogP contribution in [-0.4, -0.2) is 59.4 Å². The maximum absolute atomic E-state index is 13.2. The topological polar surface area (TPSA) is 102 Å². The van der Waals surface area contributed by atoms with Gasteiger partial charge in [0.25, 0.3) is 0 Å². The van der Waals surface area contributed by atoms with Crippen molar-refractivity contribution in [3.05, 3.63) is 29.3 Å². The van der Waals surface area contributed by atoms with Crippen molar-refractivity contribution in [2.24, 2.45) is 11.8 Å². The number of esters is 1. The lowest BCUT2D eigenvalue weighted by atomic mass is 9.85. The Morgan fingerprint density at radius 2 is 1.64 bits per heavy atom. The normalized spacial score (nSPS) is 17.4. The maximum atomic E-state index is 13.2. The lowest BCUT2D eigenvalue weighted by molar-refractivity contribution is -0.162. The van der Waals surface area contributed by atoms with E-state index in [1.54, 1.807) is 17.0 Å². The van der Waals surface area contributed by atoms with E-state index in [0.29, 0.717) is 37.2 Å². The van der Waals surface area contributed by atoms with Crippen LogP contribution in [0.4, 0.5) is 4.79 Å². The zero-order valence-corrected chi connectivity index (χ0v) is 20.8. The lowest BCUT2D eigenvalue weighted by Gasteiger charge is -2.28. The van der Waals surface area contributed by atoms with Crippen molar-refractivity contribution in [2.45, 2.75) is 72.0 Å². The Balaban J connectivity index is 2.28. The van der Waals surface area contributed by atoms with Gasteiger partial charge in [0.1, 0.15) is 17.0 Å². The highest BCUT2D eigenvalue weighted by molar-refractivity contribution is 5.75. The summed E-state index contributed by atoms with van der Waals surface area (Å²) in [7, 11) is 1.52. The Kier molecular flexibility index (Phi) is 8.38. The fraction of sp³-hybridized carbons (Fsp3) is 0.640. The van der Waals surface area contributed by atoms with Gasteiger partial charge in [-0.15, -0.1) is 0 Å². The largest absolute Gasteiger partial charge is 0.497 e. The first-order valence-corrected chi connectivity index (χ1v) is 11.3. The van der Waals surface area contributed by atoms with E-state index in [1.165, 1.54) is 7.11 Å².